The van der Waals surface area contributed by atoms with E-state index in [-0.39, 0.29) is 24.3 Å². The quantitative estimate of drug-likeness (QED) is 0.330. The number of rotatable bonds is 5. The number of aliphatic hydroxyl groups is 1. The number of amides is 1. The van der Waals surface area contributed by atoms with Gasteiger partial charge in [0.05, 0.1) is 23.2 Å². The van der Waals surface area contributed by atoms with Crippen molar-refractivity contribution < 1.29 is 14.3 Å². The molecule has 0 aliphatic heterocycles. The molecule has 0 unspecified atom stereocenters. The van der Waals surface area contributed by atoms with Crippen molar-refractivity contribution in [3.8, 4) is 11.3 Å². The Morgan fingerprint density at radius 3 is 3.00 bits per heavy atom. The summed E-state index contributed by atoms with van der Waals surface area (Å²) in [5, 5.41) is 28.0. The van der Waals surface area contributed by atoms with Crippen molar-refractivity contribution in [1.29, 1.82) is 0 Å². The van der Waals surface area contributed by atoms with Gasteiger partial charge in [-0.15, -0.1) is 0 Å². The van der Waals surface area contributed by atoms with Crippen LogP contribution in [0.25, 0.3) is 33.1 Å². The number of aryl methyl sites for hydroxylation is 1. The summed E-state index contributed by atoms with van der Waals surface area (Å²) < 4.78 is 15.2. The highest BCUT2D eigenvalue weighted by molar-refractivity contribution is 6.01. The van der Waals surface area contributed by atoms with Crippen LogP contribution in [0.4, 0.5) is 4.39 Å². The minimum absolute atomic E-state index is 0.170. The number of pyridine rings is 1. The van der Waals surface area contributed by atoms with Gasteiger partial charge in [-0.05, 0) is 81.1 Å². The molecule has 2 aromatic carbocycles. The van der Waals surface area contributed by atoms with E-state index in [9.17, 15) is 14.3 Å². The molecular formula is C28H27FN6O2. The Bertz CT molecular complexity index is 1630. The van der Waals surface area contributed by atoms with E-state index < -0.39 is 5.60 Å². The maximum atomic E-state index is 13.6. The van der Waals surface area contributed by atoms with Gasteiger partial charge in [-0.25, -0.2) is 4.39 Å². The van der Waals surface area contributed by atoms with Gasteiger partial charge < -0.3 is 10.4 Å². The molecule has 1 aliphatic carbocycles. The van der Waals surface area contributed by atoms with Crippen molar-refractivity contribution in [2.45, 2.75) is 50.8 Å². The molecular weight excluding hydrogens is 471 g/mol. The van der Waals surface area contributed by atoms with E-state index in [0.717, 1.165) is 40.7 Å². The highest BCUT2D eigenvalue weighted by Gasteiger charge is 2.36. The van der Waals surface area contributed by atoms with Crippen LogP contribution in [-0.4, -0.2) is 47.6 Å². The summed E-state index contributed by atoms with van der Waals surface area (Å²) in [4.78, 5) is 17.5. The van der Waals surface area contributed by atoms with Crippen molar-refractivity contribution in [3.05, 3.63) is 78.0 Å². The van der Waals surface area contributed by atoms with Crippen molar-refractivity contribution >= 4 is 27.7 Å². The third kappa shape index (κ3) is 4.70. The summed E-state index contributed by atoms with van der Waals surface area (Å²) in [5.74, 6) is -0.502. The van der Waals surface area contributed by atoms with Crippen LogP contribution in [0, 0.1) is 12.7 Å². The van der Waals surface area contributed by atoms with Gasteiger partial charge in [0.15, 0.2) is 0 Å². The van der Waals surface area contributed by atoms with Gasteiger partial charge in [0.25, 0.3) is 5.91 Å². The molecule has 9 heteroatoms. The van der Waals surface area contributed by atoms with E-state index in [1.165, 1.54) is 12.1 Å². The van der Waals surface area contributed by atoms with Crippen molar-refractivity contribution in [2.75, 3.05) is 0 Å². The van der Waals surface area contributed by atoms with Crippen LogP contribution in [0.3, 0.4) is 0 Å². The maximum absolute atomic E-state index is 13.6. The van der Waals surface area contributed by atoms with Gasteiger partial charge in [-0.3, -0.25) is 19.6 Å². The Morgan fingerprint density at radius 2 is 2.14 bits per heavy atom. The summed E-state index contributed by atoms with van der Waals surface area (Å²) >= 11 is 0. The number of hydrogen-bond acceptors (Lipinski definition) is 5. The first-order valence-electron chi connectivity index (χ1n) is 12.4. The van der Waals surface area contributed by atoms with Crippen molar-refractivity contribution in [2.24, 2.45) is 0 Å². The van der Waals surface area contributed by atoms with Gasteiger partial charge in [0.1, 0.15) is 11.5 Å². The van der Waals surface area contributed by atoms with Crippen LogP contribution in [0.1, 0.15) is 41.7 Å². The second kappa shape index (κ2) is 9.08. The third-order valence-electron chi connectivity index (χ3n) is 7.12. The van der Waals surface area contributed by atoms with E-state index >= 15 is 0 Å². The molecule has 37 heavy (non-hydrogen) atoms. The van der Waals surface area contributed by atoms with E-state index in [1.807, 2.05) is 31.2 Å². The minimum atomic E-state index is -1.02. The minimum Gasteiger partial charge on any atom is -0.388 e. The SMILES string of the molecule is Cc1cc(-c2n[nH]c3ccc(C(=O)N[C@@H]4CCC[C@@](O)(Cn5cc6cc(F)ccc6n5)C4)cc23)ccn1. The number of aromatic nitrogens is 5. The third-order valence-corrected chi connectivity index (χ3v) is 7.12. The van der Waals surface area contributed by atoms with Gasteiger partial charge in [-0.1, -0.05) is 0 Å². The molecule has 0 spiro atoms. The lowest BCUT2D eigenvalue weighted by Crippen LogP contribution is -2.47. The average Bonchev–Trinajstić information content (AvgIpc) is 3.46. The topological polar surface area (TPSA) is 109 Å². The highest BCUT2D eigenvalue weighted by atomic mass is 19.1. The van der Waals surface area contributed by atoms with Crippen LogP contribution >= 0.6 is 0 Å². The molecule has 2 atom stereocenters. The molecule has 1 saturated carbocycles. The normalized spacial score (nSPS) is 19.9. The number of fused-ring (bicyclic) bond motifs is 2. The van der Waals surface area contributed by atoms with E-state index in [2.05, 4.69) is 25.6 Å². The summed E-state index contributed by atoms with van der Waals surface area (Å²) in [6.45, 7) is 2.21. The van der Waals surface area contributed by atoms with Crippen LogP contribution in [-0.2, 0) is 6.54 Å². The van der Waals surface area contributed by atoms with E-state index in [4.69, 9.17) is 0 Å². The monoisotopic (exact) mass is 498 g/mol. The molecule has 0 radical (unpaired) electrons. The molecule has 3 N–H and O–H groups in total. The number of aromatic amines is 1. The Balaban J connectivity index is 1.18. The second-order valence-electron chi connectivity index (χ2n) is 10.0. The number of carbonyl (C=O) groups excluding carboxylic acids is 1. The molecule has 1 fully saturated rings. The predicted octanol–water partition coefficient (Wildman–Crippen LogP) is 4.53. The largest absolute Gasteiger partial charge is 0.388 e. The zero-order valence-corrected chi connectivity index (χ0v) is 20.4. The Hall–Kier alpha value is -4.11. The number of hydrogen-bond donors (Lipinski definition) is 3. The Labute approximate surface area is 212 Å². The number of H-pyrrole nitrogens is 1. The van der Waals surface area contributed by atoms with Crippen molar-refractivity contribution in [3.63, 3.8) is 0 Å². The molecule has 0 saturated heterocycles. The molecule has 8 nitrogen and oxygen atoms in total. The smallest absolute Gasteiger partial charge is 0.251 e. The predicted molar refractivity (Wildman–Crippen MR) is 138 cm³/mol. The lowest BCUT2D eigenvalue weighted by atomic mass is 9.81. The fraction of sp³-hybridized carbons (Fsp3) is 0.286. The number of nitrogens with one attached hydrogen (secondary N) is 2. The Kier molecular flexibility index (Phi) is 5.72. The van der Waals surface area contributed by atoms with Gasteiger partial charge in [-0.2, -0.15) is 10.2 Å². The van der Waals surface area contributed by atoms with Gasteiger partial charge >= 0.3 is 0 Å². The molecule has 1 amide bonds. The molecule has 5 aromatic rings. The second-order valence-corrected chi connectivity index (χ2v) is 10.0. The summed E-state index contributed by atoms with van der Waals surface area (Å²) in [5.41, 5.74) is 3.65. The molecule has 1 aliphatic rings. The molecule has 188 valence electrons. The number of carbonyl (C=O) groups is 1. The lowest BCUT2D eigenvalue weighted by molar-refractivity contribution is -0.0235. The highest BCUT2D eigenvalue weighted by Crippen LogP contribution is 2.31. The van der Waals surface area contributed by atoms with E-state index in [0.29, 0.717) is 29.3 Å². The van der Waals surface area contributed by atoms with Gasteiger partial charge in [0, 0.05) is 46.0 Å². The first-order valence-corrected chi connectivity index (χ1v) is 12.4. The fourth-order valence-corrected chi connectivity index (χ4v) is 5.37. The average molecular weight is 499 g/mol. The van der Waals surface area contributed by atoms with Crippen LogP contribution < -0.4 is 5.32 Å². The number of halogens is 1. The number of benzene rings is 2. The first-order chi connectivity index (χ1) is 17.8. The standard InChI is InChI=1S/C28H27FN6O2/c1-17-11-18(8-10-30-17)26-23-13-19(4-6-25(23)32-33-26)27(36)31-22-3-2-9-28(37,14-22)16-35-15-20-12-21(29)5-7-24(20)34-35/h4-8,10-13,15,22,37H,2-3,9,14,16H2,1H3,(H,31,36)(H,32,33)/t22-,28+/m1/s1. The Morgan fingerprint density at radius 1 is 1.24 bits per heavy atom. The van der Waals surface area contributed by atoms with Crippen molar-refractivity contribution in [1.82, 2.24) is 30.3 Å². The first kappa shape index (κ1) is 23.3. The van der Waals surface area contributed by atoms with Crippen LogP contribution in [0.15, 0.2) is 60.9 Å². The summed E-state index contributed by atoms with van der Waals surface area (Å²) in [6.07, 6.45) is 6.09. The maximum Gasteiger partial charge on any atom is 0.251 e. The zero-order valence-electron chi connectivity index (χ0n) is 20.4. The number of nitrogens with zero attached hydrogens (tertiary/aromatic N) is 4. The van der Waals surface area contributed by atoms with Crippen LogP contribution in [0.5, 0.6) is 0 Å². The fourth-order valence-electron chi connectivity index (χ4n) is 5.37. The van der Waals surface area contributed by atoms with Crippen LogP contribution in [0.2, 0.25) is 0 Å². The van der Waals surface area contributed by atoms with Gasteiger partial charge in [0.2, 0.25) is 0 Å². The molecule has 0 bridgehead atoms. The molecule has 6 rings (SSSR count). The van der Waals surface area contributed by atoms with E-state index in [1.54, 1.807) is 29.2 Å². The lowest BCUT2D eigenvalue weighted by Gasteiger charge is -2.37. The summed E-state index contributed by atoms with van der Waals surface area (Å²) in [6, 6.07) is 13.6. The molecule has 3 aromatic heterocycles. The molecule has 3 heterocycles. The summed E-state index contributed by atoms with van der Waals surface area (Å²) in [7, 11) is 0. The zero-order chi connectivity index (χ0) is 25.6.